The van der Waals surface area contributed by atoms with Crippen LogP contribution in [0.1, 0.15) is 51.4 Å². The predicted octanol–water partition coefficient (Wildman–Crippen LogP) is 4.06. The van der Waals surface area contributed by atoms with E-state index in [1.54, 1.807) is 12.1 Å². The van der Waals surface area contributed by atoms with Gasteiger partial charge in [0, 0.05) is 24.7 Å². The maximum absolute atomic E-state index is 12.7. The Bertz CT molecular complexity index is 475. The quantitative estimate of drug-likeness (QED) is 0.772. The van der Waals surface area contributed by atoms with Crippen LogP contribution in [-0.4, -0.2) is 34.9 Å². The molecule has 0 aromatic carbocycles. The fraction of sp³-hybridized carbons (Fsp3) is 0.625. The van der Waals surface area contributed by atoms with Crippen LogP contribution in [0.5, 0.6) is 0 Å². The number of pyridine rings is 1. The molecule has 0 radical (unpaired) electrons. The lowest BCUT2D eigenvalue weighted by molar-refractivity contribution is 0.0682. The molecule has 5 heteroatoms. The molecular formula is C16H26ClN3O. The maximum Gasteiger partial charge on any atom is 0.254 e. The molecule has 0 fully saturated rings. The summed E-state index contributed by atoms with van der Waals surface area (Å²) in [4.78, 5) is 18.8. The topological polar surface area (TPSA) is 45.2 Å². The van der Waals surface area contributed by atoms with Crippen molar-refractivity contribution < 1.29 is 4.79 Å². The van der Waals surface area contributed by atoms with E-state index >= 15 is 0 Å². The van der Waals surface area contributed by atoms with Crippen LogP contribution in [0.15, 0.2) is 12.1 Å². The van der Waals surface area contributed by atoms with Crippen LogP contribution in [0.2, 0.25) is 5.15 Å². The summed E-state index contributed by atoms with van der Waals surface area (Å²) in [5.74, 6) is 1.08. The molecule has 0 saturated heterocycles. The van der Waals surface area contributed by atoms with E-state index in [0.29, 0.717) is 22.5 Å². The standard InChI is InChI=1S/C16H26ClN3O/c1-6-7-18-15-9-13(8-14(17)19-15)16(21)20(12(4)5)10-11(2)3/h8-9,11-12H,6-7,10H2,1-5H3,(H,18,19). The average molecular weight is 312 g/mol. The van der Waals surface area contributed by atoms with Crippen molar-refractivity contribution >= 4 is 23.3 Å². The van der Waals surface area contributed by atoms with Crippen molar-refractivity contribution in [1.82, 2.24) is 9.88 Å². The SMILES string of the molecule is CCCNc1cc(C(=O)N(CC(C)C)C(C)C)cc(Cl)n1. The van der Waals surface area contributed by atoms with Gasteiger partial charge in [-0.15, -0.1) is 0 Å². The van der Waals surface area contributed by atoms with Crippen molar-refractivity contribution in [2.24, 2.45) is 5.92 Å². The third-order valence-electron chi connectivity index (χ3n) is 3.04. The Balaban J connectivity index is 3.01. The number of nitrogens with one attached hydrogen (secondary N) is 1. The number of hydrogen-bond donors (Lipinski definition) is 1. The van der Waals surface area contributed by atoms with Gasteiger partial charge in [0.1, 0.15) is 11.0 Å². The van der Waals surface area contributed by atoms with Crippen molar-refractivity contribution in [3.8, 4) is 0 Å². The molecular weight excluding hydrogens is 286 g/mol. The molecule has 118 valence electrons. The van der Waals surface area contributed by atoms with Crippen molar-refractivity contribution in [1.29, 1.82) is 0 Å². The Morgan fingerprint density at radius 2 is 2.00 bits per heavy atom. The molecule has 0 atom stereocenters. The van der Waals surface area contributed by atoms with E-state index in [4.69, 9.17) is 11.6 Å². The molecule has 1 amide bonds. The molecule has 0 aliphatic heterocycles. The first-order valence-electron chi connectivity index (χ1n) is 7.57. The van der Waals surface area contributed by atoms with Gasteiger partial charge in [-0.05, 0) is 38.3 Å². The monoisotopic (exact) mass is 311 g/mol. The van der Waals surface area contributed by atoms with E-state index < -0.39 is 0 Å². The highest BCUT2D eigenvalue weighted by molar-refractivity contribution is 6.29. The minimum Gasteiger partial charge on any atom is -0.370 e. The smallest absolute Gasteiger partial charge is 0.254 e. The minimum absolute atomic E-state index is 0.00236. The van der Waals surface area contributed by atoms with E-state index in [2.05, 4.69) is 31.1 Å². The number of nitrogens with zero attached hydrogens (tertiary/aromatic N) is 2. The first-order valence-corrected chi connectivity index (χ1v) is 7.95. The van der Waals surface area contributed by atoms with Crippen LogP contribution in [0.25, 0.3) is 0 Å². The van der Waals surface area contributed by atoms with E-state index in [0.717, 1.165) is 19.5 Å². The fourth-order valence-electron chi connectivity index (χ4n) is 2.05. The number of carbonyl (C=O) groups is 1. The highest BCUT2D eigenvalue weighted by Gasteiger charge is 2.20. The van der Waals surface area contributed by atoms with E-state index in [9.17, 15) is 4.79 Å². The van der Waals surface area contributed by atoms with Crippen LogP contribution in [0, 0.1) is 5.92 Å². The van der Waals surface area contributed by atoms with Crippen LogP contribution in [-0.2, 0) is 0 Å². The summed E-state index contributed by atoms with van der Waals surface area (Å²) >= 11 is 6.04. The largest absolute Gasteiger partial charge is 0.370 e. The normalized spacial score (nSPS) is 11.0. The van der Waals surface area contributed by atoms with Crippen LogP contribution in [0.3, 0.4) is 0 Å². The summed E-state index contributed by atoms with van der Waals surface area (Å²) in [6, 6.07) is 3.56. The Hall–Kier alpha value is -1.29. The highest BCUT2D eigenvalue weighted by Crippen LogP contribution is 2.18. The second-order valence-electron chi connectivity index (χ2n) is 5.94. The molecule has 1 N–H and O–H groups in total. The predicted molar refractivity (Wildman–Crippen MR) is 89.0 cm³/mol. The van der Waals surface area contributed by atoms with Gasteiger partial charge >= 0.3 is 0 Å². The van der Waals surface area contributed by atoms with Crippen molar-refractivity contribution in [3.63, 3.8) is 0 Å². The van der Waals surface area contributed by atoms with Crippen LogP contribution < -0.4 is 5.32 Å². The molecule has 4 nitrogen and oxygen atoms in total. The number of carbonyl (C=O) groups excluding carboxylic acids is 1. The third-order valence-corrected chi connectivity index (χ3v) is 3.24. The number of amides is 1. The van der Waals surface area contributed by atoms with Gasteiger partial charge in [0.05, 0.1) is 0 Å². The van der Waals surface area contributed by atoms with Crippen molar-refractivity contribution in [2.45, 2.75) is 47.1 Å². The summed E-state index contributed by atoms with van der Waals surface area (Å²) in [6.45, 7) is 11.9. The molecule has 0 bridgehead atoms. The molecule has 0 aliphatic carbocycles. The van der Waals surface area contributed by atoms with Gasteiger partial charge in [0.25, 0.3) is 5.91 Å². The zero-order valence-corrected chi connectivity index (χ0v) is 14.4. The number of hydrogen-bond acceptors (Lipinski definition) is 3. The molecule has 21 heavy (non-hydrogen) atoms. The Labute approximate surface area is 132 Å². The number of rotatable bonds is 7. The summed E-state index contributed by atoms with van der Waals surface area (Å²) in [7, 11) is 0. The molecule has 1 heterocycles. The number of anilines is 1. The lowest BCUT2D eigenvalue weighted by atomic mass is 10.1. The lowest BCUT2D eigenvalue weighted by Crippen LogP contribution is -2.39. The van der Waals surface area contributed by atoms with Gasteiger partial charge < -0.3 is 10.2 Å². The molecule has 1 aromatic rings. The summed E-state index contributed by atoms with van der Waals surface area (Å²) in [5, 5.41) is 3.51. The van der Waals surface area contributed by atoms with Crippen LogP contribution in [0.4, 0.5) is 5.82 Å². The first-order chi connectivity index (χ1) is 9.85. The van der Waals surface area contributed by atoms with E-state index in [1.807, 2.05) is 18.7 Å². The molecule has 0 unspecified atom stereocenters. The van der Waals surface area contributed by atoms with Gasteiger partial charge in [0.2, 0.25) is 0 Å². The Morgan fingerprint density at radius 3 is 2.52 bits per heavy atom. The van der Waals surface area contributed by atoms with Gasteiger partial charge in [-0.3, -0.25) is 4.79 Å². The second kappa shape index (κ2) is 8.23. The minimum atomic E-state index is 0.00236. The first kappa shape index (κ1) is 17.8. The second-order valence-corrected chi connectivity index (χ2v) is 6.32. The molecule has 1 rings (SSSR count). The Morgan fingerprint density at radius 1 is 1.33 bits per heavy atom. The van der Waals surface area contributed by atoms with Gasteiger partial charge in [-0.2, -0.15) is 0 Å². The van der Waals surface area contributed by atoms with E-state index in [1.165, 1.54) is 0 Å². The summed E-state index contributed by atoms with van der Waals surface area (Å²) in [6.07, 6.45) is 0.989. The average Bonchev–Trinajstić information content (AvgIpc) is 2.40. The summed E-state index contributed by atoms with van der Waals surface area (Å²) in [5.41, 5.74) is 0.586. The molecule has 1 aromatic heterocycles. The summed E-state index contributed by atoms with van der Waals surface area (Å²) < 4.78 is 0. The Kier molecular flexibility index (Phi) is 6.96. The number of aromatic nitrogens is 1. The third kappa shape index (κ3) is 5.54. The maximum atomic E-state index is 12.7. The van der Waals surface area contributed by atoms with Gasteiger partial charge in [-0.25, -0.2) is 4.98 Å². The molecule has 0 spiro atoms. The van der Waals surface area contributed by atoms with E-state index in [-0.39, 0.29) is 11.9 Å². The fourth-order valence-corrected chi connectivity index (χ4v) is 2.26. The zero-order valence-electron chi connectivity index (χ0n) is 13.6. The lowest BCUT2D eigenvalue weighted by Gasteiger charge is -2.28. The van der Waals surface area contributed by atoms with Crippen molar-refractivity contribution in [3.05, 3.63) is 22.8 Å². The molecule has 0 saturated carbocycles. The van der Waals surface area contributed by atoms with Gasteiger partial charge in [-0.1, -0.05) is 32.4 Å². The van der Waals surface area contributed by atoms with Crippen LogP contribution >= 0.6 is 11.6 Å². The van der Waals surface area contributed by atoms with Gasteiger partial charge in [0.15, 0.2) is 0 Å². The van der Waals surface area contributed by atoms with Crippen molar-refractivity contribution in [2.75, 3.05) is 18.4 Å². The zero-order chi connectivity index (χ0) is 16.0. The molecule has 0 aliphatic rings. The number of halogens is 1. The highest BCUT2D eigenvalue weighted by atomic mass is 35.5.